The second-order valence-corrected chi connectivity index (χ2v) is 8.21. The summed E-state index contributed by atoms with van der Waals surface area (Å²) in [6.45, 7) is 1.36. The molecule has 0 saturated carbocycles. The maximum Gasteiger partial charge on any atom is 0.244 e. The largest absolute Gasteiger partial charge is 0.311 e. The van der Waals surface area contributed by atoms with Crippen LogP contribution in [0.25, 0.3) is 0 Å². The fourth-order valence-electron chi connectivity index (χ4n) is 2.86. The maximum atomic E-state index is 12.7. The zero-order chi connectivity index (χ0) is 16.2. The number of rotatable bonds is 6. The van der Waals surface area contributed by atoms with Gasteiger partial charge < -0.3 is 4.90 Å². The number of benzene rings is 1. The molecule has 0 N–H and O–H groups in total. The highest BCUT2D eigenvalue weighted by atomic mass is 32.2. The van der Waals surface area contributed by atoms with Gasteiger partial charge in [-0.1, -0.05) is 18.2 Å². The lowest BCUT2D eigenvalue weighted by atomic mass is 10.0. The van der Waals surface area contributed by atoms with Gasteiger partial charge in [0.25, 0.3) is 0 Å². The van der Waals surface area contributed by atoms with Crippen molar-refractivity contribution >= 4 is 21.4 Å². The van der Waals surface area contributed by atoms with E-state index < -0.39 is 9.84 Å². The Bertz CT molecular complexity index is 601. The van der Waals surface area contributed by atoms with Gasteiger partial charge in [0, 0.05) is 18.5 Å². The molecule has 1 aliphatic heterocycles. The Labute approximate surface area is 132 Å². The standard InChI is InChI=1S/C16H24N2O3S/c1-17(11-7-13-22(2,20)21)15-10-6-12-18(16(15)19)14-8-4-3-5-9-14/h3-5,8-9,15H,6-7,10-13H2,1-2H3/t15-/m1/s1. The van der Waals surface area contributed by atoms with Crippen LogP contribution in [0.3, 0.4) is 0 Å². The monoisotopic (exact) mass is 324 g/mol. The van der Waals surface area contributed by atoms with Crippen LogP contribution >= 0.6 is 0 Å². The van der Waals surface area contributed by atoms with Crippen molar-refractivity contribution in [2.24, 2.45) is 0 Å². The molecule has 122 valence electrons. The van der Waals surface area contributed by atoms with E-state index in [-0.39, 0.29) is 17.7 Å². The first-order valence-corrected chi connectivity index (χ1v) is 9.69. The summed E-state index contributed by atoms with van der Waals surface area (Å²) >= 11 is 0. The van der Waals surface area contributed by atoms with Gasteiger partial charge in [0.1, 0.15) is 9.84 Å². The van der Waals surface area contributed by atoms with Crippen LogP contribution in [0.2, 0.25) is 0 Å². The predicted molar refractivity (Wildman–Crippen MR) is 88.8 cm³/mol. The number of carbonyl (C=O) groups excluding carboxylic acids is 1. The van der Waals surface area contributed by atoms with Gasteiger partial charge in [0.15, 0.2) is 0 Å². The first-order valence-electron chi connectivity index (χ1n) is 7.63. The molecule has 0 aliphatic carbocycles. The fraction of sp³-hybridized carbons (Fsp3) is 0.562. The summed E-state index contributed by atoms with van der Waals surface area (Å²) < 4.78 is 22.4. The minimum atomic E-state index is -2.94. The lowest BCUT2D eigenvalue weighted by Crippen LogP contribution is -2.51. The van der Waals surface area contributed by atoms with Crippen LogP contribution in [0, 0.1) is 0 Å². The first kappa shape index (κ1) is 17.0. The van der Waals surface area contributed by atoms with Gasteiger partial charge in [-0.15, -0.1) is 0 Å². The molecular formula is C16H24N2O3S. The van der Waals surface area contributed by atoms with Crippen LogP contribution in [0.1, 0.15) is 19.3 Å². The van der Waals surface area contributed by atoms with Crippen molar-refractivity contribution < 1.29 is 13.2 Å². The number of anilines is 1. The van der Waals surface area contributed by atoms with Crippen LogP contribution in [0.5, 0.6) is 0 Å². The molecular weight excluding hydrogens is 300 g/mol. The third-order valence-corrected chi connectivity index (χ3v) is 5.07. The number of hydrogen-bond acceptors (Lipinski definition) is 4. The topological polar surface area (TPSA) is 57.7 Å². The van der Waals surface area contributed by atoms with E-state index in [1.54, 1.807) is 0 Å². The average molecular weight is 324 g/mol. The summed E-state index contributed by atoms with van der Waals surface area (Å²) in [4.78, 5) is 16.5. The number of para-hydroxylation sites is 1. The molecule has 6 heteroatoms. The lowest BCUT2D eigenvalue weighted by Gasteiger charge is -2.36. The van der Waals surface area contributed by atoms with E-state index in [9.17, 15) is 13.2 Å². The van der Waals surface area contributed by atoms with Crippen molar-refractivity contribution in [1.82, 2.24) is 4.90 Å². The third-order valence-electron chi connectivity index (χ3n) is 4.04. The van der Waals surface area contributed by atoms with Crippen LogP contribution in [0.4, 0.5) is 5.69 Å². The smallest absolute Gasteiger partial charge is 0.244 e. The molecule has 0 bridgehead atoms. The van der Waals surface area contributed by atoms with Gasteiger partial charge >= 0.3 is 0 Å². The normalized spacial score (nSPS) is 19.7. The molecule has 5 nitrogen and oxygen atoms in total. The van der Waals surface area contributed by atoms with Crippen molar-refractivity contribution in [2.75, 3.05) is 37.0 Å². The number of piperidine rings is 1. The number of hydrogen-bond donors (Lipinski definition) is 0. The molecule has 1 fully saturated rings. The molecule has 0 radical (unpaired) electrons. The number of sulfone groups is 1. The van der Waals surface area contributed by atoms with Gasteiger partial charge in [-0.2, -0.15) is 0 Å². The van der Waals surface area contributed by atoms with E-state index in [0.29, 0.717) is 13.0 Å². The van der Waals surface area contributed by atoms with E-state index in [1.807, 2.05) is 47.2 Å². The summed E-state index contributed by atoms with van der Waals surface area (Å²) in [6, 6.07) is 9.54. The van der Waals surface area contributed by atoms with Gasteiger partial charge in [0.2, 0.25) is 5.91 Å². The number of carbonyl (C=O) groups is 1. The minimum Gasteiger partial charge on any atom is -0.311 e. The van der Waals surface area contributed by atoms with Crippen LogP contribution < -0.4 is 4.90 Å². The molecule has 1 heterocycles. The molecule has 1 saturated heterocycles. The molecule has 0 aromatic heterocycles. The number of nitrogens with zero attached hydrogens (tertiary/aromatic N) is 2. The summed E-state index contributed by atoms with van der Waals surface area (Å²) in [5, 5.41) is 0. The van der Waals surface area contributed by atoms with Crippen molar-refractivity contribution in [3.05, 3.63) is 30.3 Å². The van der Waals surface area contributed by atoms with Gasteiger partial charge in [-0.25, -0.2) is 8.42 Å². The molecule has 0 unspecified atom stereocenters. The summed E-state index contributed by atoms with van der Waals surface area (Å²) in [5.74, 6) is 0.278. The molecule has 1 atom stereocenters. The van der Waals surface area contributed by atoms with Gasteiger partial charge in [-0.3, -0.25) is 9.69 Å². The predicted octanol–water partition coefficient (Wildman–Crippen LogP) is 1.55. The molecule has 1 aromatic rings. The van der Waals surface area contributed by atoms with Crippen molar-refractivity contribution in [2.45, 2.75) is 25.3 Å². The zero-order valence-corrected chi connectivity index (χ0v) is 14.1. The Balaban J connectivity index is 1.97. The quantitative estimate of drug-likeness (QED) is 0.797. The highest BCUT2D eigenvalue weighted by Gasteiger charge is 2.32. The van der Waals surface area contributed by atoms with E-state index in [4.69, 9.17) is 0 Å². The van der Waals surface area contributed by atoms with E-state index in [0.717, 1.165) is 25.1 Å². The van der Waals surface area contributed by atoms with Crippen LogP contribution in [-0.4, -0.2) is 57.4 Å². The Hall–Kier alpha value is -1.40. The van der Waals surface area contributed by atoms with E-state index >= 15 is 0 Å². The summed E-state index contributed by atoms with van der Waals surface area (Å²) in [7, 11) is -1.04. The van der Waals surface area contributed by atoms with E-state index in [2.05, 4.69) is 0 Å². The van der Waals surface area contributed by atoms with Gasteiger partial charge in [0.05, 0.1) is 11.8 Å². The highest BCUT2D eigenvalue weighted by Crippen LogP contribution is 2.23. The maximum absolute atomic E-state index is 12.7. The summed E-state index contributed by atoms with van der Waals surface area (Å²) in [5.41, 5.74) is 0.932. The van der Waals surface area contributed by atoms with Crippen molar-refractivity contribution in [1.29, 1.82) is 0 Å². The highest BCUT2D eigenvalue weighted by molar-refractivity contribution is 7.90. The molecule has 0 spiro atoms. The third kappa shape index (κ3) is 4.55. The second kappa shape index (κ2) is 7.24. The number of likely N-dealkylation sites (N-methyl/N-ethyl adjacent to an activating group) is 1. The minimum absolute atomic E-state index is 0.110. The Kier molecular flexibility index (Phi) is 5.58. The molecule has 1 amide bonds. The molecule has 22 heavy (non-hydrogen) atoms. The molecule has 1 aliphatic rings. The molecule has 2 rings (SSSR count). The Morgan fingerprint density at radius 1 is 1.27 bits per heavy atom. The van der Waals surface area contributed by atoms with E-state index in [1.165, 1.54) is 6.26 Å². The van der Waals surface area contributed by atoms with Gasteiger partial charge in [-0.05, 0) is 45.0 Å². The zero-order valence-electron chi connectivity index (χ0n) is 13.2. The van der Waals surface area contributed by atoms with Crippen molar-refractivity contribution in [3.63, 3.8) is 0 Å². The van der Waals surface area contributed by atoms with Crippen molar-refractivity contribution in [3.8, 4) is 0 Å². The second-order valence-electron chi connectivity index (χ2n) is 5.95. The summed E-state index contributed by atoms with van der Waals surface area (Å²) in [6.07, 6.45) is 3.60. The Morgan fingerprint density at radius 3 is 2.59 bits per heavy atom. The first-order chi connectivity index (χ1) is 10.4. The number of amides is 1. The average Bonchev–Trinajstić information content (AvgIpc) is 2.47. The fourth-order valence-corrected chi connectivity index (χ4v) is 3.51. The van der Waals surface area contributed by atoms with Crippen LogP contribution in [-0.2, 0) is 14.6 Å². The molecule has 1 aromatic carbocycles. The van der Waals surface area contributed by atoms with Crippen LogP contribution in [0.15, 0.2) is 30.3 Å². The Morgan fingerprint density at radius 2 is 1.95 bits per heavy atom. The SMILES string of the molecule is CN(CCCS(C)(=O)=O)[C@@H]1CCCN(c2ccccc2)C1=O. The lowest BCUT2D eigenvalue weighted by molar-refractivity contribution is -0.124.